The van der Waals surface area contributed by atoms with Crippen LogP contribution in [0, 0.1) is 0 Å². The molecule has 13 heteroatoms. The molecule has 0 unspecified atom stereocenters. The number of nitrogens with zero attached hydrogens (tertiary/aromatic N) is 2. The average Bonchev–Trinajstić information content (AvgIpc) is 2.09. The van der Waals surface area contributed by atoms with Crippen molar-refractivity contribution in [3.05, 3.63) is 31.5 Å². The quantitative estimate of drug-likeness (QED) is 0.470. The number of halogens is 2. The number of H-pyrrole nitrogens is 1. The van der Waals surface area contributed by atoms with Crippen molar-refractivity contribution in [3.63, 3.8) is 0 Å². The van der Waals surface area contributed by atoms with E-state index in [1.807, 2.05) is 0 Å². The van der Waals surface area contributed by atoms with E-state index in [-0.39, 0.29) is 8.17 Å². The zero-order valence-electron chi connectivity index (χ0n) is 6.99. The number of aromatic amines is 1. The molecule has 0 spiro atoms. The summed E-state index contributed by atoms with van der Waals surface area (Å²) in [5, 5.41) is 0. The molecule has 92 valence electrons. The third-order valence-electron chi connectivity index (χ3n) is 0.906. The summed E-state index contributed by atoms with van der Waals surface area (Å²) in [5.41, 5.74) is -3.13. The topological polar surface area (TPSA) is 151 Å². The van der Waals surface area contributed by atoms with E-state index in [0.29, 0.717) is 0 Å². The summed E-state index contributed by atoms with van der Waals surface area (Å²) < 4.78 is 31.9. The van der Waals surface area contributed by atoms with Crippen molar-refractivity contribution in [2.24, 2.45) is 0 Å². The van der Waals surface area contributed by atoms with Gasteiger partial charge in [0.25, 0.3) is 0 Å². The van der Waals surface area contributed by atoms with Gasteiger partial charge in [0.1, 0.15) is 0 Å². The molecular weight excluding hydrogens is 293 g/mol. The maximum Gasteiger partial charge on any atom is 0.394 e. The van der Waals surface area contributed by atoms with Crippen LogP contribution >= 0.6 is 23.6 Å². The summed E-state index contributed by atoms with van der Waals surface area (Å²) in [6.45, 7) is 0. The van der Waals surface area contributed by atoms with Gasteiger partial charge in [0.2, 0.25) is 0 Å². The molecule has 0 radical (unpaired) electrons. The maximum atomic E-state index is 10.7. The first-order valence-electron chi connectivity index (χ1n) is 3.04. The van der Waals surface area contributed by atoms with Crippen molar-refractivity contribution >= 4 is 34.0 Å². The smallest absolute Gasteiger partial charge is 0.264 e. The molecule has 0 atom stereocenters. The second-order valence-electron chi connectivity index (χ2n) is 2.03. The fraction of sp³-hybridized carbons (Fsp3) is 0. The van der Waals surface area contributed by atoms with Crippen LogP contribution in [0.2, 0.25) is 0 Å². The van der Waals surface area contributed by atoms with E-state index < -0.39 is 27.5 Å². The Labute approximate surface area is 96.5 Å². The summed E-state index contributed by atoms with van der Waals surface area (Å²) in [6.07, 6.45) is 0. The van der Waals surface area contributed by atoms with E-state index >= 15 is 0 Å². The molecule has 1 aromatic heterocycles. The minimum absolute atomic E-state index is 0.161. The van der Waals surface area contributed by atoms with E-state index in [2.05, 4.69) is 0 Å². The monoisotopic (exact) mass is 295 g/mol. The van der Waals surface area contributed by atoms with E-state index in [1.54, 1.807) is 4.98 Å². The number of aromatic nitrogens is 3. The lowest BCUT2D eigenvalue weighted by molar-refractivity contribution is 0.381. The third kappa shape index (κ3) is 5.09. The van der Waals surface area contributed by atoms with E-state index in [4.69, 9.17) is 41.1 Å². The van der Waals surface area contributed by atoms with Crippen LogP contribution in [0.4, 0.5) is 0 Å². The Hall–Kier alpha value is -1.14. The van der Waals surface area contributed by atoms with Crippen LogP contribution in [0.3, 0.4) is 0 Å². The van der Waals surface area contributed by atoms with Crippen molar-refractivity contribution in [1.82, 2.24) is 13.2 Å². The SMILES string of the molecule is O=S(=O)(O)O.O=c1[nH]c(=O)n(Cl)c(=O)n1Cl. The lowest BCUT2D eigenvalue weighted by Crippen LogP contribution is -2.43. The second-order valence-corrected chi connectivity index (χ2v) is 3.60. The van der Waals surface area contributed by atoms with Crippen LogP contribution in [0.1, 0.15) is 0 Å². The van der Waals surface area contributed by atoms with Gasteiger partial charge in [0.15, 0.2) is 0 Å². The predicted octanol–water partition coefficient (Wildman–Crippen LogP) is -1.95. The molecule has 0 aromatic carbocycles. The number of nitrogens with one attached hydrogen (secondary N) is 1. The summed E-state index contributed by atoms with van der Waals surface area (Å²) >= 11 is 10.1. The fourth-order valence-electron chi connectivity index (χ4n) is 0.440. The zero-order valence-corrected chi connectivity index (χ0v) is 9.32. The highest BCUT2D eigenvalue weighted by Crippen LogP contribution is 1.71. The van der Waals surface area contributed by atoms with Gasteiger partial charge in [-0.15, -0.1) is 8.17 Å². The van der Waals surface area contributed by atoms with E-state index in [9.17, 15) is 14.4 Å². The Balaban J connectivity index is 0.000000385. The highest BCUT2D eigenvalue weighted by atomic mass is 35.5. The molecule has 1 aromatic rings. The van der Waals surface area contributed by atoms with Gasteiger partial charge in [0, 0.05) is 23.6 Å². The molecule has 0 aliphatic carbocycles. The first kappa shape index (κ1) is 14.9. The van der Waals surface area contributed by atoms with Crippen LogP contribution in [0.5, 0.6) is 0 Å². The maximum absolute atomic E-state index is 10.7. The lowest BCUT2D eigenvalue weighted by Gasteiger charge is -1.91. The van der Waals surface area contributed by atoms with Gasteiger partial charge < -0.3 is 0 Å². The number of hydrogen-bond acceptors (Lipinski definition) is 5. The highest BCUT2D eigenvalue weighted by Gasteiger charge is 2.04. The van der Waals surface area contributed by atoms with Gasteiger partial charge in [0.05, 0.1) is 0 Å². The zero-order chi connectivity index (χ0) is 13.1. The van der Waals surface area contributed by atoms with Gasteiger partial charge in [-0.25, -0.2) is 14.4 Å². The molecule has 10 nitrogen and oxygen atoms in total. The van der Waals surface area contributed by atoms with Crippen LogP contribution in [-0.4, -0.2) is 30.7 Å². The largest absolute Gasteiger partial charge is 0.394 e. The normalized spacial score (nSPS) is 10.5. The molecule has 0 saturated carbocycles. The highest BCUT2D eigenvalue weighted by molar-refractivity contribution is 7.79. The molecule has 0 aliphatic heterocycles. The van der Waals surface area contributed by atoms with Crippen molar-refractivity contribution in [2.45, 2.75) is 0 Å². The van der Waals surface area contributed by atoms with Gasteiger partial charge >= 0.3 is 27.5 Å². The first-order valence-corrected chi connectivity index (χ1v) is 5.12. The molecule has 0 bridgehead atoms. The Bertz CT molecular complexity index is 593. The first-order chi connectivity index (χ1) is 7.04. The number of hydrogen-bond donors (Lipinski definition) is 3. The molecule has 1 heterocycles. The molecule has 0 saturated heterocycles. The Kier molecular flexibility index (Phi) is 4.89. The predicted molar refractivity (Wildman–Crippen MR) is 52.3 cm³/mol. The second kappa shape index (κ2) is 5.27. The van der Waals surface area contributed by atoms with Crippen molar-refractivity contribution in [1.29, 1.82) is 0 Å². The van der Waals surface area contributed by atoms with Crippen LogP contribution < -0.4 is 17.1 Å². The van der Waals surface area contributed by atoms with Crippen LogP contribution in [0.25, 0.3) is 0 Å². The van der Waals surface area contributed by atoms with Gasteiger partial charge in [-0.1, -0.05) is 0 Å². The minimum Gasteiger partial charge on any atom is -0.264 e. The van der Waals surface area contributed by atoms with Crippen molar-refractivity contribution in [2.75, 3.05) is 0 Å². The van der Waals surface area contributed by atoms with Gasteiger partial charge in [-0.05, 0) is 0 Å². The van der Waals surface area contributed by atoms with Crippen molar-refractivity contribution in [3.8, 4) is 0 Å². The molecule has 0 fully saturated rings. The third-order valence-corrected chi connectivity index (χ3v) is 1.50. The summed E-state index contributed by atoms with van der Waals surface area (Å²) in [7, 11) is -4.67. The Morgan fingerprint density at radius 1 is 1.00 bits per heavy atom. The molecule has 3 N–H and O–H groups in total. The van der Waals surface area contributed by atoms with Gasteiger partial charge in [-0.3, -0.25) is 14.1 Å². The molecule has 1 rings (SSSR count). The van der Waals surface area contributed by atoms with Crippen molar-refractivity contribution < 1.29 is 17.5 Å². The minimum atomic E-state index is -4.67. The number of rotatable bonds is 0. The standard InChI is InChI=1S/C3HCl2N3O3.H2O4S/c4-7-1(9)6-2(10)8(5)3(7)11;1-5(2,3)4/h(H,6,9,10);(H2,1,2,3,4). The lowest BCUT2D eigenvalue weighted by atomic mass is 11.0. The summed E-state index contributed by atoms with van der Waals surface area (Å²) in [4.78, 5) is 33.4. The molecule has 0 aliphatic rings. The molecule has 0 amide bonds. The molecular formula is C3H3Cl2N3O7S. The summed E-state index contributed by atoms with van der Waals surface area (Å²) in [6, 6.07) is 0. The Morgan fingerprint density at radius 3 is 1.50 bits per heavy atom. The van der Waals surface area contributed by atoms with Gasteiger partial charge in [-0.2, -0.15) is 8.42 Å². The average molecular weight is 296 g/mol. The van der Waals surface area contributed by atoms with Crippen LogP contribution in [0.15, 0.2) is 14.4 Å². The van der Waals surface area contributed by atoms with E-state index in [0.717, 1.165) is 0 Å². The summed E-state index contributed by atoms with van der Waals surface area (Å²) in [5.74, 6) is 0. The molecule has 16 heavy (non-hydrogen) atoms. The van der Waals surface area contributed by atoms with Crippen LogP contribution in [-0.2, 0) is 10.4 Å². The fourth-order valence-corrected chi connectivity index (χ4v) is 0.715. The Morgan fingerprint density at radius 2 is 1.25 bits per heavy atom. The van der Waals surface area contributed by atoms with E-state index in [1.165, 1.54) is 0 Å².